The number of aromatic nitrogens is 1. The van der Waals surface area contributed by atoms with Crippen LogP contribution in [0.5, 0.6) is 0 Å². The van der Waals surface area contributed by atoms with Crippen LogP contribution in [0.15, 0.2) is 24.3 Å². The Labute approximate surface area is 116 Å². The lowest BCUT2D eigenvalue weighted by Crippen LogP contribution is -2.26. The maximum atomic E-state index is 12.5. The van der Waals surface area contributed by atoms with Crippen molar-refractivity contribution in [1.29, 1.82) is 0 Å². The molecule has 1 aliphatic heterocycles. The molecule has 1 N–H and O–H groups in total. The highest BCUT2D eigenvalue weighted by atomic mass is 16.2. The Morgan fingerprint density at radius 2 is 1.95 bits per heavy atom. The predicted molar refractivity (Wildman–Crippen MR) is 75.3 cm³/mol. The molecule has 1 aromatic carbocycles. The van der Waals surface area contributed by atoms with E-state index >= 15 is 0 Å². The molecule has 1 aliphatic carbocycles. The molecule has 2 aromatic rings. The summed E-state index contributed by atoms with van der Waals surface area (Å²) in [7, 11) is 1.60. The van der Waals surface area contributed by atoms with Crippen LogP contribution in [0.3, 0.4) is 0 Å². The molecule has 2 heterocycles. The second-order valence-corrected chi connectivity index (χ2v) is 5.95. The van der Waals surface area contributed by atoms with E-state index in [0.29, 0.717) is 0 Å². The number of nitrogens with zero attached hydrogens (tertiary/aromatic N) is 1. The Kier molecular flexibility index (Phi) is 2.18. The first-order valence-corrected chi connectivity index (χ1v) is 7.01. The third-order valence-corrected chi connectivity index (χ3v) is 4.83. The van der Waals surface area contributed by atoms with Crippen molar-refractivity contribution in [2.45, 2.75) is 25.2 Å². The minimum atomic E-state index is -0.296. The number of carbonyl (C=O) groups is 2. The minimum absolute atomic E-state index is 0.0252. The van der Waals surface area contributed by atoms with E-state index in [4.69, 9.17) is 0 Å². The SMILES string of the molecule is C[C@@H]1C[C@H]2C(=O)N(C)C(=O)[C@H]2c2c1[nH]c1ccccc21. The zero-order valence-corrected chi connectivity index (χ0v) is 11.5. The molecule has 0 spiro atoms. The second-order valence-electron chi connectivity index (χ2n) is 5.95. The van der Waals surface area contributed by atoms with Crippen LogP contribution in [-0.4, -0.2) is 28.7 Å². The Morgan fingerprint density at radius 3 is 2.75 bits per heavy atom. The summed E-state index contributed by atoms with van der Waals surface area (Å²) in [5.74, 6) is -0.286. The van der Waals surface area contributed by atoms with Crippen molar-refractivity contribution in [3.05, 3.63) is 35.5 Å². The normalized spacial score (nSPS) is 28.9. The first-order valence-electron chi connectivity index (χ1n) is 7.01. The lowest BCUT2D eigenvalue weighted by molar-refractivity contribution is -0.137. The molecule has 4 rings (SSSR count). The number of amides is 2. The molecular weight excluding hydrogens is 252 g/mol. The summed E-state index contributed by atoms with van der Waals surface area (Å²) in [5.41, 5.74) is 3.23. The maximum Gasteiger partial charge on any atom is 0.237 e. The number of rotatable bonds is 0. The highest BCUT2D eigenvalue weighted by Crippen LogP contribution is 2.49. The number of hydrogen-bond donors (Lipinski definition) is 1. The summed E-state index contributed by atoms with van der Waals surface area (Å²) >= 11 is 0. The number of likely N-dealkylation sites (tertiary alicyclic amines) is 1. The van der Waals surface area contributed by atoms with E-state index in [1.165, 1.54) is 4.90 Å². The van der Waals surface area contributed by atoms with Gasteiger partial charge in [0.15, 0.2) is 0 Å². The Hall–Kier alpha value is -2.10. The van der Waals surface area contributed by atoms with Gasteiger partial charge in [-0.3, -0.25) is 14.5 Å². The largest absolute Gasteiger partial charge is 0.358 e. The zero-order valence-electron chi connectivity index (χ0n) is 11.5. The summed E-state index contributed by atoms with van der Waals surface area (Å²) in [5, 5.41) is 1.08. The average Bonchev–Trinajstić information content (AvgIpc) is 2.93. The van der Waals surface area contributed by atoms with E-state index in [1.807, 2.05) is 24.3 Å². The standard InChI is InChI=1S/C16H16N2O2/c1-8-7-10-13(16(20)18(2)15(10)19)12-9-5-3-4-6-11(9)17-14(8)12/h3-6,8,10,13,17H,7H2,1-2H3/t8-,10-,13-/m1/s1. The van der Waals surface area contributed by atoms with Gasteiger partial charge in [-0.2, -0.15) is 0 Å². The monoisotopic (exact) mass is 268 g/mol. The number of nitrogens with one attached hydrogen (secondary N) is 1. The third-order valence-electron chi connectivity index (χ3n) is 4.83. The van der Waals surface area contributed by atoms with E-state index in [9.17, 15) is 9.59 Å². The molecule has 0 unspecified atom stereocenters. The summed E-state index contributed by atoms with van der Waals surface area (Å²) < 4.78 is 0. The van der Waals surface area contributed by atoms with Gasteiger partial charge < -0.3 is 4.98 Å². The number of imide groups is 1. The topological polar surface area (TPSA) is 53.2 Å². The number of H-pyrrole nitrogens is 1. The molecule has 1 saturated heterocycles. The van der Waals surface area contributed by atoms with Crippen molar-refractivity contribution in [3.63, 3.8) is 0 Å². The number of para-hydroxylation sites is 1. The summed E-state index contributed by atoms with van der Waals surface area (Å²) in [6, 6.07) is 8.03. The molecule has 1 fully saturated rings. The molecule has 4 heteroatoms. The van der Waals surface area contributed by atoms with E-state index in [-0.39, 0.29) is 29.6 Å². The van der Waals surface area contributed by atoms with E-state index in [2.05, 4.69) is 11.9 Å². The van der Waals surface area contributed by atoms with Crippen LogP contribution in [0.4, 0.5) is 0 Å². The summed E-state index contributed by atoms with van der Waals surface area (Å²) in [6.07, 6.45) is 0.749. The van der Waals surface area contributed by atoms with E-state index < -0.39 is 0 Å². The Balaban J connectivity index is 2.02. The number of likely N-dealkylation sites (N-methyl/N-ethyl adjacent to an activating group) is 1. The predicted octanol–water partition coefficient (Wildman–Crippen LogP) is 2.37. The Morgan fingerprint density at radius 1 is 1.20 bits per heavy atom. The molecule has 2 amide bonds. The minimum Gasteiger partial charge on any atom is -0.358 e. The fourth-order valence-corrected chi connectivity index (χ4v) is 3.85. The van der Waals surface area contributed by atoms with Gasteiger partial charge in [0.25, 0.3) is 0 Å². The number of carbonyl (C=O) groups excluding carboxylic acids is 2. The zero-order chi connectivity index (χ0) is 14.0. The van der Waals surface area contributed by atoms with Gasteiger partial charge in [-0.05, 0) is 24.0 Å². The molecule has 3 atom stereocenters. The quantitative estimate of drug-likeness (QED) is 0.746. The van der Waals surface area contributed by atoms with Crippen molar-refractivity contribution in [1.82, 2.24) is 9.88 Å². The molecule has 20 heavy (non-hydrogen) atoms. The number of benzene rings is 1. The highest BCUT2D eigenvalue weighted by Gasteiger charge is 2.51. The van der Waals surface area contributed by atoms with Crippen molar-refractivity contribution >= 4 is 22.7 Å². The second kappa shape index (κ2) is 3.72. The fraction of sp³-hybridized carbons (Fsp3) is 0.375. The van der Waals surface area contributed by atoms with Crippen LogP contribution >= 0.6 is 0 Å². The molecular formula is C16H16N2O2. The average molecular weight is 268 g/mol. The molecule has 0 bridgehead atoms. The Bertz CT molecular complexity index is 746. The number of hydrogen-bond acceptors (Lipinski definition) is 2. The van der Waals surface area contributed by atoms with Crippen molar-refractivity contribution in [3.8, 4) is 0 Å². The van der Waals surface area contributed by atoms with Crippen LogP contribution in [-0.2, 0) is 9.59 Å². The van der Waals surface area contributed by atoms with Crippen molar-refractivity contribution < 1.29 is 9.59 Å². The summed E-state index contributed by atoms with van der Waals surface area (Å²) in [6.45, 7) is 2.13. The lowest BCUT2D eigenvalue weighted by Gasteiger charge is -2.27. The van der Waals surface area contributed by atoms with E-state index in [1.54, 1.807) is 7.05 Å². The molecule has 0 saturated carbocycles. The number of aromatic amines is 1. The number of fused-ring (bicyclic) bond motifs is 5. The molecule has 0 radical (unpaired) electrons. The van der Waals surface area contributed by atoms with Crippen LogP contribution < -0.4 is 0 Å². The van der Waals surface area contributed by atoms with Crippen molar-refractivity contribution in [2.75, 3.05) is 7.05 Å². The van der Waals surface area contributed by atoms with Gasteiger partial charge in [0, 0.05) is 23.6 Å². The van der Waals surface area contributed by atoms with E-state index in [0.717, 1.165) is 28.6 Å². The van der Waals surface area contributed by atoms with Crippen LogP contribution in [0.25, 0.3) is 10.9 Å². The maximum absolute atomic E-state index is 12.5. The third kappa shape index (κ3) is 1.26. The first-order chi connectivity index (χ1) is 9.59. The molecule has 4 nitrogen and oxygen atoms in total. The van der Waals surface area contributed by atoms with Crippen LogP contribution in [0.1, 0.15) is 36.4 Å². The lowest BCUT2D eigenvalue weighted by atomic mass is 9.74. The van der Waals surface area contributed by atoms with Crippen LogP contribution in [0.2, 0.25) is 0 Å². The van der Waals surface area contributed by atoms with Gasteiger partial charge in [-0.15, -0.1) is 0 Å². The summed E-state index contributed by atoms with van der Waals surface area (Å²) in [4.78, 5) is 29.5. The van der Waals surface area contributed by atoms with Gasteiger partial charge in [-0.1, -0.05) is 25.1 Å². The molecule has 2 aliphatic rings. The van der Waals surface area contributed by atoms with Gasteiger partial charge >= 0.3 is 0 Å². The van der Waals surface area contributed by atoms with Gasteiger partial charge in [0.05, 0.1) is 11.8 Å². The van der Waals surface area contributed by atoms with Gasteiger partial charge in [0.1, 0.15) is 0 Å². The van der Waals surface area contributed by atoms with Crippen molar-refractivity contribution in [2.24, 2.45) is 5.92 Å². The fourth-order valence-electron chi connectivity index (χ4n) is 3.85. The smallest absolute Gasteiger partial charge is 0.237 e. The van der Waals surface area contributed by atoms with Crippen LogP contribution in [0, 0.1) is 5.92 Å². The highest BCUT2D eigenvalue weighted by molar-refractivity contribution is 6.09. The van der Waals surface area contributed by atoms with Gasteiger partial charge in [0.2, 0.25) is 11.8 Å². The van der Waals surface area contributed by atoms with Gasteiger partial charge in [-0.25, -0.2) is 0 Å². The first kappa shape index (κ1) is 11.7. The molecule has 1 aromatic heterocycles. The molecule has 102 valence electrons.